The van der Waals surface area contributed by atoms with Crippen LogP contribution in [0.2, 0.25) is 10.0 Å². The number of benzene rings is 1. The minimum Gasteiger partial charge on any atom is -0.437 e. The molecule has 0 bridgehead atoms. The van der Waals surface area contributed by atoms with Gasteiger partial charge in [-0.25, -0.2) is 4.98 Å². The maximum absolute atomic E-state index is 6.20. The lowest BCUT2D eigenvalue weighted by atomic mass is 10.2. The second-order valence-electron chi connectivity index (χ2n) is 4.42. The van der Waals surface area contributed by atoms with Gasteiger partial charge in [-0.05, 0) is 42.8 Å². The molecule has 1 N–H and O–H groups in total. The van der Waals surface area contributed by atoms with Gasteiger partial charge in [0, 0.05) is 17.8 Å². The summed E-state index contributed by atoms with van der Waals surface area (Å²) in [7, 11) is 0. The van der Waals surface area contributed by atoms with Crippen molar-refractivity contribution < 1.29 is 4.74 Å². The summed E-state index contributed by atoms with van der Waals surface area (Å²) < 4.78 is 5.73. The van der Waals surface area contributed by atoms with E-state index in [-0.39, 0.29) is 0 Å². The summed E-state index contributed by atoms with van der Waals surface area (Å²) in [4.78, 5) is 4.26. The van der Waals surface area contributed by atoms with Crippen molar-refractivity contribution >= 4 is 23.2 Å². The number of nitrogens with zero attached hydrogens (tertiary/aromatic N) is 1. The molecule has 106 valence electrons. The van der Waals surface area contributed by atoms with Crippen LogP contribution < -0.4 is 10.1 Å². The van der Waals surface area contributed by atoms with Gasteiger partial charge < -0.3 is 10.1 Å². The van der Waals surface area contributed by atoms with Crippen LogP contribution in [0.4, 0.5) is 0 Å². The summed E-state index contributed by atoms with van der Waals surface area (Å²) >= 11 is 12.2. The lowest BCUT2D eigenvalue weighted by Gasteiger charge is -2.10. The minimum absolute atomic E-state index is 0.386. The Labute approximate surface area is 128 Å². The van der Waals surface area contributed by atoms with Crippen molar-refractivity contribution in [2.75, 3.05) is 6.54 Å². The summed E-state index contributed by atoms with van der Waals surface area (Å²) in [5, 5.41) is 4.32. The number of nitrogens with one attached hydrogen (secondary N) is 1. The van der Waals surface area contributed by atoms with E-state index in [2.05, 4.69) is 17.2 Å². The highest BCUT2D eigenvalue weighted by atomic mass is 35.5. The number of aromatic nitrogens is 1. The smallest absolute Gasteiger partial charge is 0.238 e. The normalized spacial score (nSPS) is 10.6. The van der Waals surface area contributed by atoms with Crippen molar-refractivity contribution in [1.29, 1.82) is 0 Å². The van der Waals surface area contributed by atoms with Crippen molar-refractivity contribution in [2.24, 2.45) is 0 Å². The molecule has 0 atom stereocenters. The molecule has 0 aliphatic heterocycles. The van der Waals surface area contributed by atoms with Gasteiger partial charge in [-0.1, -0.05) is 36.2 Å². The number of aryl methyl sites for hydroxylation is 1. The van der Waals surface area contributed by atoms with Crippen molar-refractivity contribution in [2.45, 2.75) is 20.4 Å². The second-order valence-corrected chi connectivity index (χ2v) is 5.27. The summed E-state index contributed by atoms with van der Waals surface area (Å²) in [5.74, 6) is 1.05. The molecule has 0 amide bonds. The molecule has 0 saturated heterocycles. The summed E-state index contributed by atoms with van der Waals surface area (Å²) in [6.07, 6.45) is 1.75. The number of rotatable bonds is 5. The zero-order valence-corrected chi connectivity index (χ0v) is 12.9. The Morgan fingerprint density at radius 3 is 2.75 bits per heavy atom. The lowest BCUT2D eigenvalue weighted by Crippen LogP contribution is -2.11. The van der Waals surface area contributed by atoms with Crippen molar-refractivity contribution in [3.8, 4) is 11.6 Å². The Kier molecular flexibility index (Phi) is 5.24. The van der Waals surface area contributed by atoms with E-state index < -0.39 is 0 Å². The van der Waals surface area contributed by atoms with Gasteiger partial charge in [0.2, 0.25) is 5.88 Å². The van der Waals surface area contributed by atoms with Crippen LogP contribution in [0, 0.1) is 6.92 Å². The fourth-order valence-corrected chi connectivity index (χ4v) is 2.08. The van der Waals surface area contributed by atoms with Crippen LogP contribution in [-0.2, 0) is 6.54 Å². The van der Waals surface area contributed by atoms with Crippen LogP contribution in [0.5, 0.6) is 11.6 Å². The zero-order chi connectivity index (χ0) is 14.5. The fraction of sp³-hybridized carbons (Fsp3) is 0.267. The molecular formula is C15H16Cl2N2O. The van der Waals surface area contributed by atoms with Gasteiger partial charge in [0.1, 0.15) is 10.8 Å². The SMILES string of the molecule is CCNCc1cnc(Oc2cc(Cl)ccc2C)c(Cl)c1. The molecule has 2 aromatic rings. The lowest BCUT2D eigenvalue weighted by molar-refractivity contribution is 0.459. The van der Waals surface area contributed by atoms with Crippen molar-refractivity contribution in [3.05, 3.63) is 51.6 Å². The molecule has 0 fully saturated rings. The molecule has 1 aromatic heterocycles. The molecule has 0 aliphatic rings. The van der Waals surface area contributed by atoms with Crippen LogP contribution in [0.1, 0.15) is 18.1 Å². The van der Waals surface area contributed by atoms with Gasteiger partial charge in [0.25, 0.3) is 0 Å². The molecule has 0 spiro atoms. The van der Waals surface area contributed by atoms with Gasteiger partial charge in [-0.2, -0.15) is 0 Å². The standard InChI is InChI=1S/C15H16Cl2N2O/c1-3-18-8-11-6-13(17)15(19-9-11)20-14-7-12(16)5-4-10(14)2/h4-7,9,18H,3,8H2,1-2H3. The average molecular weight is 311 g/mol. The third kappa shape index (κ3) is 3.85. The first-order valence-corrected chi connectivity index (χ1v) is 7.15. The molecule has 1 aromatic carbocycles. The highest BCUT2D eigenvalue weighted by Crippen LogP contribution is 2.31. The van der Waals surface area contributed by atoms with Crippen LogP contribution in [0.3, 0.4) is 0 Å². The number of hydrogen-bond acceptors (Lipinski definition) is 3. The first kappa shape index (κ1) is 15.1. The molecule has 0 radical (unpaired) electrons. The number of halogens is 2. The van der Waals surface area contributed by atoms with Gasteiger partial charge >= 0.3 is 0 Å². The maximum atomic E-state index is 6.20. The molecule has 0 saturated carbocycles. The highest BCUT2D eigenvalue weighted by Gasteiger charge is 2.08. The van der Waals surface area contributed by atoms with Crippen molar-refractivity contribution in [1.82, 2.24) is 10.3 Å². The maximum Gasteiger partial charge on any atom is 0.238 e. The van der Waals surface area contributed by atoms with Crippen LogP contribution in [0.25, 0.3) is 0 Å². The molecule has 20 heavy (non-hydrogen) atoms. The Morgan fingerprint density at radius 1 is 1.25 bits per heavy atom. The predicted molar refractivity (Wildman–Crippen MR) is 82.9 cm³/mol. The topological polar surface area (TPSA) is 34.2 Å². The zero-order valence-electron chi connectivity index (χ0n) is 11.4. The van der Waals surface area contributed by atoms with E-state index in [4.69, 9.17) is 27.9 Å². The van der Waals surface area contributed by atoms with Crippen molar-refractivity contribution in [3.63, 3.8) is 0 Å². The fourth-order valence-electron chi connectivity index (χ4n) is 1.69. The number of ether oxygens (including phenoxy) is 1. The Hall–Kier alpha value is -1.29. The first-order chi connectivity index (χ1) is 9.60. The minimum atomic E-state index is 0.386. The van der Waals surface area contributed by atoms with Crippen LogP contribution in [0.15, 0.2) is 30.5 Å². The van der Waals surface area contributed by atoms with E-state index in [1.54, 1.807) is 12.3 Å². The third-order valence-electron chi connectivity index (χ3n) is 2.80. The molecule has 0 unspecified atom stereocenters. The van der Waals surface area contributed by atoms with Crippen LogP contribution >= 0.6 is 23.2 Å². The van der Waals surface area contributed by atoms with E-state index in [0.717, 1.165) is 24.2 Å². The summed E-state index contributed by atoms with van der Waals surface area (Å²) in [5.41, 5.74) is 2.00. The first-order valence-electron chi connectivity index (χ1n) is 6.39. The number of pyridine rings is 1. The Morgan fingerprint density at radius 2 is 2.05 bits per heavy atom. The molecule has 3 nitrogen and oxygen atoms in total. The predicted octanol–water partition coefficient (Wildman–Crippen LogP) is 4.60. The monoisotopic (exact) mass is 310 g/mol. The average Bonchev–Trinajstić information content (AvgIpc) is 2.43. The number of hydrogen-bond donors (Lipinski definition) is 1. The van der Waals surface area contributed by atoms with Gasteiger partial charge in [0.05, 0.1) is 0 Å². The van der Waals surface area contributed by atoms with Gasteiger partial charge in [-0.3, -0.25) is 0 Å². The molecule has 2 rings (SSSR count). The third-order valence-corrected chi connectivity index (χ3v) is 3.31. The summed E-state index contributed by atoms with van der Waals surface area (Å²) in [6.45, 7) is 5.63. The van der Waals surface area contributed by atoms with E-state index in [9.17, 15) is 0 Å². The van der Waals surface area contributed by atoms with Gasteiger partial charge in [-0.15, -0.1) is 0 Å². The van der Waals surface area contributed by atoms with Crippen LogP contribution in [-0.4, -0.2) is 11.5 Å². The largest absolute Gasteiger partial charge is 0.437 e. The molecule has 1 heterocycles. The van der Waals surface area contributed by atoms with E-state index in [1.165, 1.54) is 0 Å². The Bertz CT molecular complexity index is 602. The van der Waals surface area contributed by atoms with E-state index in [1.807, 2.05) is 25.1 Å². The van der Waals surface area contributed by atoms with Gasteiger partial charge in [0.15, 0.2) is 0 Å². The molecule has 0 aliphatic carbocycles. The Balaban J connectivity index is 2.19. The van der Waals surface area contributed by atoms with E-state index in [0.29, 0.717) is 21.7 Å². The van der Waals surface area contributed by atoms with E-state index >= 15 is 0 Å². The molecular weight excluding hydrogens is 295 g/mol. The second kappa shape index (κ2) is 6.93. The quantitative estimate of drug-likeness (QED) is 0.876. The summed E-state index contributed by atoms with van der Waals surface area (Å²) in [6, 6.07) is 7.32. The molecule has 5 heteroatoms. The highest BCUT2D eigenvalue weighted by molar-refractivity contribution is 6.32.